The molecule has 8 heteroatoms. The summed E-state index contributed by atoms with van der Waals surface area (Å²) < 4.78 is 6.73. The first-order chi connectivity index (χ1) is 15.0. The smallest absolute Gasteiger partial charge is 0.342 e. The van der Waals surface area contributed by atoms with E-state index in [9.17, 15) is 4.79 Å². The molecule has 0 aliphatic carbocycles. The van der Waals surface area contributed by atoms with E-state index in [1.807, 2.05) is 31.2 Å². The second-order valence-corrected chi connectivity index (χ2v) is 7.41. The number of nitrogens with zero attached hydrogens (tertiary/aromatic N) is 5. The zero-order chi connectivity index (χ0) is 22.0. The van der Waals surface area contributed by atoms with E-state index in [4.69, 9.17) is 16.3 Å². The molecule has 4 rings (SSSR count). The van der Waals surface area contributed by atoms with Crippen molar-refractivity contribution in [2.45, 2.75) is 20.8 Å². The molecule has 4 aromatic rings. The Balaban J connectivity index is 1.82. The molecule has 0 bridgehead atoms. The van der Waals surface area contributed by atoms with Gasteiger partial charge in [0.2, 0.25) is 0 Å². The van der Waals surface area contributed by atoms with E-state index in [0.29, 0.717) is 33.6 Å². The molecule has 0 atom stereocenters. The Kier molecular flexibility index (Phi) is 5.77. The highest BCUT2D eigenvalue weighted by Crippen LogP contribution is 2.27. The predicted molar refractivity (Wildman–Crippen MR) is 118 cm³/mol. The summed E-state index contributed by atoms with van der Waals surface area (Å²) >= 11 is 6.03. The third-order valence-corrected chi connectivity index (χ3v) is 4.97. The lowest BCUT2D eigenvalue weighted by molar-refractivity contribution is 0.0525. The van der Waals surface area contributed by atoms with Gasteiger partial charge in [-0.05, 0) is 32.9 Å². The summed E-state index contributed by atoms with van der Waals surface area (Å²) in [6.45, 7) is 5.78. The Bertz CT molecular complexity index is 1230. The van der Waals surface area contributed by atoms with Crippen molar-refractivity contribution in [2.75, 3.05) is 6.61 Å². The highest BCUT2D eigenvalue weighted by Gasteiger charge is 2.22. The van der Waals surface area contributed by atoms with Crippen molar-refractivity contribution >= 4 is 17.6 Å². The van der Waals surface area contributed by atoms with Gasteiger partial charge in [-0.25, -0.2) is 14.8 Å². The number of benzene rings is 2. The van der Waals surface area contributed by atoms with Gasteiger partial charge in [0.15, 0.2) is 0 Å². The standard InChI is InChI=1S/C23H20ClN5O2/c1-4-31-22(30)20-15(3)25-23(26-21(20)17-9-11-18(24)12-10-17)29-13-19(27-28-29)16-7-5-14(2)6-8-16/h5-13H,4H2,1-3H3. The van der Waals surface area contributed by atoms with Crippen molar-refractivity contribution in [3.8, 4) is 28.5 Å². The van der Waals surface area contributed by atoms with E-state index in [2.05, 4.69) is 20.3 Å². The number of esters is 1. The number of carbonyl (C=O) groups excluding carboxylic acids is 1. The molecule has 0 amide bonds. The van der Waals surface area contributed by atoms with Gasteiger partial charge < -0.3 is 4.74 Å². The Labute approximate surface area is 184 Å². The lowest BCUT2D eigenvalue weighted by atomic mass is 10.0. The molecule has 2 heterocycles. The van der Waals surface area contributed by atoms with Crippen molar-refractivity contribution in [3.63, 3.8) is 0 Å². The monoisotopic (exact) mass is 433 g/mol. The van der Waals surface area contributed by atoms with Crippen LogP contribution in [0.5, 0.6) is 0 Å². The highest BCUT2D eigenvalue weighted by atomic mass is 35.5. The fourth-order valence-corrected chi connectivity index (χ4v) is 3.27. The van der Waals surface area contributed by atoms with E-state index in [-0.39, 0.29) is 6.61 Å². The number of carbonyl (C=O) groups is 1. The van der Waals surface area contributed by atoms with E-state index >= 15 is 0 Å². The molecule has 0 radical (unpaired) electrons. The molecule has 0 aliphatic heterocycles. The van der Waals surface area contributed by atoms with Gasteiger partial charge in [-0.2, -0.15) is 4.68 Å². The first-order valence-corrected chi connectivity index (χ1v) is 10.2. The zero-order valence-electron chi connectivity index (χ0n) is 17.3. The fraction of sp³-hybridized carbons (Fsp3) is 0.174. The molecule has 0 spiro atoms. The second-order valence-electron chi connectivity index (χ2n) is 6.97. The van der Waals surface area contributed by atoms with Gasteiger partial charge in [0.1, 0.15) is 11.3 Å². The predicted octanol–water partition coefficient (Wildman–Crippen LogP) is 4.84. The van der Waals surface area contributed by atoms with Gasteiger partial charge in [0.05, 0.1) is 24.2 Å². The SMILES string of the molecule is CCOC(=O)c1c(C)nc(-n2cc(-c3ccc(C)cc3)nn2)nc1-c1ccc(Cl)cc1. The van der Waals surface area contributed by atoms with Crippen LogP contribution in [-0.4, -0.2) is 37.5 Å². The van der Waals surface area contributed by atoms with Crippen LogP contribution in [-0.2, 0) is 4.74 Å². The maximum absolute atomic E-state index is 12.6. The van der Waals surface area contributed by atoms with Crippen molar-refractivity contribution in [2.24, 2.45) is 0 Å². The second kappa shape index (κ2) is 8.65. The number of aryl methyl sites for hydroxylation is 2. The molecule has 0 saturated carbocycles. The molecule has 0 aliphatic rings. The highest BCUT2D eigenvalue weighted by molar-refractivity contribution is 6.30. The van der Waals surface area contributed by atoms with Crippen LogP contribution in [0.25, 0.3) is 28.5 Å². The third kappa shape index (κ3) is 4.32. The van der Waals surface area contributed by atoms with Crippen LogP contribution < -0.4 is 0 Å². The van der Waals surface area contributed by atoms with Crippen LogP contribution in [0.2, 0.25) is 5.02 Å². The van der Waals surface area contributed by atoms with Crippen molar-refractivity contribution in [3.05, 3.63) is 76.6 Å². The van der Waals surface area contributed by atoms with Gasteiger partial charge in [-0.1, -0.05) is 58.8 Å². The van der Waals surface area contributed by atoms with Crippen molar-refractivity contribution < 1.29 is 9.53 Å². The summed E-state index contributed by atoms with van der Waals surface area (Å²) in [4.78, 5) is 21.8. The number of hydrogen-bond donors (Lipinski definition) is 0. The van der Waals surface area contributed by atoms with E-state index in [1.165, 1.54) is 4.68 Å². The van der Waals surface area contributed by atoms with Crippen LogP contribution in [0, 0.1) is 13.8 Å². The molecule has 31 heavy (non-hydrogen) atoms. The summed E-state index contributed by atoms with van der Waals surface area (Å²) in [5.74, 6) is -0.170. The fourth-order valence-electron chi connectivity index (χ4n) is 3.14. The maximum Gasteiger partial charge on any atom is 0.342 e. The average Bonchev–Trinajstić information content (AvgIpc) is 3.24. The topological polar surface area (TPSA) is 82.8 Å². The van der Waals surface area contributed by atoms with Gasteiger partial charge in [0.25, 0.3) is 5.95 Å². The molecule has 0 unspecified atom stereocenters. The van der Waals surface area contributed by atoms with Gasteiger partial charge >= 0.3 is 5.97 Å². The van der Waals surface area contributed by atoms with Crippen LogP contribution in [0.15, 0.2) is 54.7 Å². The largest absolute Gasteiger partial charge is 0.462 e. The van der Waals surface area contributed by atoms with Crippen molar-refractivity contribution in [1.82, 2.24) is 25.0 Å². The number of halogens is 1. The summed E-state index contributed by atoms with van der Waals surface area (Å²) in [6, 6.07) is 15.1. The number of aromatic nitrogens is 5. The molecule has 2 aromatic carbocycles. The first kappa shape index (κ1) is 20.7. The first-order valence-electron chi connectivity index (χ1n) is 9.77. The Hall–Kier alpha value is -3.58. The molecule has 0 N–H and O–H groups in total. The van der Waals surface area contributed by atoms with Crippen LogP contribution in [0.3, 0.4) is 0 Å². The minimum atomic E-state index is -0.476. The van der Waals surface area contributed by atoms with Crippen LogP contribution in [0.1, 0.15) is 28.5 Å². The van der Waals surface area contributed by atoms with E-state index in [0.717, 1.165) is 16.7 Å². The molecule has 0 fully saturated rings. The van der Waals surface area contributed by atoms with Gasteiger partial charge in [0, 0.05) is 16.1 Å². The summed E-state index contributed by atoms with van der Waals surface area (Å²) in [6.07, 6.45) is 1.76. The Morgan fingerprint density at radius 1 is 1.00 bits per heavy atom. The van der Waals surface area contributed by atoms with Gasteiger partial charge in [-0.3, -0.25) is 0 Å². The number of ether oxygens (including phenoxy) is 1. The average molecular weight is 434 g/mol. The lowest BCUT2D eigenvalue weighted by Gasteiger charge is -2.12. The minimum Gasteiger partial charge on any atom is -0.462 e. The minimum absolute atomic E-state index is 0.253. The molecular weight excluding hydrogens is 414 g/mol. The normalized spacial score (nSPS) is 10.8. The number of rotatable bonds is 5. The quantitative estimate of drug-likeness (QED) is 0.419. The van der Waals surface area contributed by atoms with Crippen LogP contribution in [0.4, 0.5) is 0 Å². The summed E-state index contributed by atoms with van der Waals surface area (Å²) in [5, 5.41) is 9.03. The maximum atomic E-state index is 12.6. The lowest BCUT2D eigenvalue weighted by Crippen LogP contribution is -2.14. The number of hydrogen-bond acceptors (Lipinski definition) is 6. The third-order valence-electron chi connectivity index (χ3n) is 4.72. The zero-order valence-corrected chi connectivity index (χ0v) is 18.1. The molecule has 2 aromatic heterocycles. The summed E-state index contributed by atoms with van der Waals surface area (Å²) in [5.41, 5.74) is 4.77. The molecular formula is C23H20ClN5O2. The van der Waals surface area contributed by atoms with E-state index in [1.54, 1.807) is 44.3 Å². The Morgan fingerprint density at radius 2 is 1.68 bits per heavy atom. The van der Waals surface area contributed by atoms with E-state index < -0.39 is 5.97 Å². The molecule has 0 saturated heterocycles. The summed E-state index contributed by atoms with van der Waals surface area (Å²) in [7, 11) is 0. The van der Waals surface area contributed by atoms with Gasteiger partial charge in [-0.15, -0.1) is 5.10 Å². The molecule has 156 valence electrons. The van der Waals surface area contributed by atoms with Crippen LogP contribution >= 0.6 is 11.6 Å². The molecule has 7 nitrogen and oxygen atoms in total. The Morgan fingerprint density at radius 3 is 2.35 bits per heavy atom. The van der Waals surface area contributed by atoms with Crippen molar-refractivity contribution in [1.29, 1.82) is 0 Å².